The average molecular weight is 312 g/mol. The van der Waals surface area contributed by atoms with Gasteiger partial charge in [-0.1, -0.05) is 6.07 Å². The molecule has 22 heavy (non-hydrogen) atoms. The van der Waals surface area contributed by atoms with Crippen molar-refractivity contribution in [1.82, 2.24) is 5.32 Å². The number of carbonyl (C=O) groups is 1. The number of furan rings is 1. The van der Waals surface area contributed by atoms with Crippen molar-refractivity contribution in [3.63, 3.8) is 0 Å². The van der Waals surface area contributed by atoms with Crippen LogP contribution in [0.1, 0.15) is 18.2 Å². The highest BCUT2D eigenvalue weighted by Crippen LogP contribution is 2.30. The number of halogens is 3. The first-order valence-corrected chi connectivity index (χ1v) is 6.62. The molecule has 1 heterocycles. The minimum absolute atomic E-state index is 0.0810. The molecule has 1 atom stereocenters. The monoisotopic (exact) mass is 312 g/mol. The highest BCUT2D eigenvalue weighted by molar-refractivity contribution is 5.89. The maximum absolute atomic E-state index is 12.6. The molecule has 4 nitrogen and oxygen atoms in total. The van der Waals surface area contributed by atoms with Crippen LogP contribution in [0.2, 0.25) is 0 Å². The standard InChI is InChI=1S/C15H15F3N2O2/c1-10(8-13-6-3-7-22-13)19-14(21)20-12-5-2-4-11(9-12)15(16,17)18/h2-7,9-10H,8H2,1H3,(H2,19,20,21). The Hall–Kier alpha value is -2.44. The summed E-state index contributed by atoms with van der Waals surface area (Å²) in [5, 5.41) is 5.02. The largest absolute Gasteiger partial charge is 0.469 e. The lowest BCUT2D eigenvalue weighted by Crippen LogP contribution is -2.37. The third kappa shape index (κ3) is 4.54. The molecule has 118 valence electrons. The molecule has 0 fully saturated rings. The van der Waals surface area contributed by atoms with Crippen molar-refractivity contribution in [3.8, 4) is 0 Å². The average Bonchev–Trinajstić information content (AvgIpc) is 2.90. The van der Waals surface area contributed by atoms with Gasteiger partial charge in [0.1, 0.15) is 5.76 Å². The van der Waals surface area contributed by atoms with Crippen molar-refractivity contribution in [2.24, 2.45) is 0 Å². The Balaban J connectivity index is 1.91. The second-order valence-electron chi connectivity index (χ2n) is 4.86. The van der Waals surface area contributed by atoms with Gasteiger partial charge in [0.2, 0.25) is 0 Å². The first kappa shape index (κ1) is 15.9. The number of rotatable bonds is 4. The summed E-state index contributed by atoms with van der Waals surface area (Å²) in [6, 6.07) is 7.19. The summed E-state index contributed by atoms with van der Waals surface area (Å²) in [7, 11) is 0. The molecule has 2 N–H and O–H groups in total. The Labute approximate surface area is 125 Å². The van der Waals surface area contributed by atoms with Gasteiger partial charge in [0.25, 0.3) is 0 Å². The molecule has 0 radical (unpaired) electrons. The van der Waals surface area contributed by atoms with Crippen LogP contribution >= 0.6 is 0 Å². The van der Waals surface area contributed by atoms with Crippen LogP contribution in [-0.4, -0.2) is 12.1 Å². The first-order valence-electron chi connectivity index (χ1n) is 6.62. The van der Waals surface area contributed by atoms with Crippen LogP contribution in [0.15, 0.2) is 47.1 Å². The smallest absolute Gasteiger partial charge is 0.416 e. The number of amides is 2. The van der Waals surface area contributed by atoms with E-state index in [0.29, 0.717) is 12.2 Å². The zero-order valence-electron chi connectivity index (χ0n) is 11.8. The maximum Gasteiger partial charge on any atom is 0.416 e. The highest BCUT2D eigenvalue weighted by atomic mass is 19.4. The summed E-state index contributed by atoms with van der Waals surface area (Å²) in [5.74, 6) is 0.715. The summed E-state index contributed by atoms with van der Waals surface area (Å²) in [4.78, 5) is 11.8. The van der Waals surface area contributed by atoms with E-state index in [9.17, 15) is 18.0 Å². The van der Waals surface area contributed by atoms with Gasteiger partial charge in [-0.05, 0) is 37.3 Å². The lowest BCUT2D eigenvalue weighted by Gasteiger charge is -2.14. The maximum atomic E-state index is 12.6. The molecule has 0 spiro atoms. The number of alkyl halides is 3. The Bertz CT molecular complexity index is 624. The highest BCUT2D eigenvalue weighted by Gasteiger charge is 2.30. The third-order valence-electron chi connectivity index (χ3n) is 2.91. The van der Waals surface area contributed by atoms with Gasteiger partial charge in [0.05, 0.1) is 11.8 Å². The Kier molecular flexibility index (Phi) is 4.75. The molecule has 0 bridgehead atoms. The minimum Gasteiger partial charge on any atom is -0.469 e. The molecule has 2 aromatic rings. The van der Waals surface area contributed by atoms with Gasteiger partial charge in [0.15, 0.2) is 0 Å². The van der Waals surface area contributed by atoms with Crippen molar-refractivity contribution in [1.29, 1.82) is 0 Å². The lowest BCUT2D eigenvalue weighted by atomic mass is 10.2. The second kappa shape index (κ2) is 6.55. The molecule has 0 aliphatic rings. The van der Waals surface area contributed by atoms with E-state index < -0.39 is 17.8 Å². The fourth-order valence-corrected chi connectivity index (χ4v) is 1.95. The SMILES string of the molecule is CC(Cc1ccco1)NC(=O)Nc1cccc(C(F)(F)F)c1. The van der Waals surface area contributed by atoms with Gasteiger partial charge in [-0.2, -0.15) is 13.2 Å². The van der Waals surface area contributed by atoms with E-state index >= 15 is 0 Å². The molecule has 1 unspecified atom stereocenters. The predicted molar refractivity (Wildman–Crippen MR) is 75.5 cm³/mol. The van der Waals surface area contributed by atoms with Gasteiger partial charge >= 0.3 is 12.2 Å². The number of urea groups is 1. The Morgan fingerprint density at radius 3 is 2.68 bits per heavy atom. The predicted octanol–water partition coefficient (Wildman–Crippen LogP) is 4.05. The summed E-state index contributed by atoms with van der Waals surface area (Å²) < 4.78 is 42.9. The van der Waals surface area contributed by atoms with E-state index in [1.54, 1.807) is 19.1 Å². The second-order valence-corrected chi connectivity index (χ2v) is 4.86. The number of carbonyl (C=O) groups excluding carboxylic acids is 1. The van der Waals surface area contributed by atoms with Crippen LogP contribution in [0.3, 0.4) is 0 Å². The summed E-state index contributed by atoms with van der Waals surface area (Å²) in [5.41, 5.74) is -0.730. The molecule has 0 saturated heterocycles. The number of hydrogen-bond donors (Lipinski definition) is 2. The normalized spacial score (nSPS) is 12.7. The minimum atomic E-state index is -4.44. The molecule has 2 amide bonds. The summed E-state index contributed by atoms with van der Waals surface area (Å²) in [6.45, 7) is 1.77. The van der Waals surface area contributed by atoms with Gasteiger partial charge in [-0.3, -0.25) is 0 Å². The number of benzene rings is 1. The van der Waals surface area contributed by atoms with Crippen LogP contribution in [0.4, 0.5) is 23.7 Å². The molecular weight excluding hydrogens is 297 g/mol. The molecule has 1 aromatic heterocycles. The van der Waals surface area contributed by atoms with Gasteiger partial charge in [-0.25, -0.2) is 4.79 Å². The van der Waals surface area contributed by atoms with E-state index in [2.05, 4.69) is 10.6 Å². The van der Waals surface area contributed by atoms with Crippen molar-refractivity contribution in [3.05, 3.63) is 54.0 Å². The fraction of sp³-hybridized carbons (Fsp3) is 0.267. The Morgan fingerprint density at radius 1 is 1.27 bits per heavy atom. The number of hydrogen-bond acceptors (Lipinski definition) is 2. The Morgan fingerprint density at radius 2 is 2.05 bits per heavy atom. The lowest BCUT2D eigenvalue weighted by molar-refractivity contribution is -0.137. The van der Waals surface area contributed by atoms with E-state index in [1.165, 1.54) is 18.4 Å². The third-order valence-corrected chi connectivity index (χ3v) is 2.91. The van der Waals surface area contributed by atoms with Gasteiger partial charge in [0, 0.05) is 18.2 Å². The number of nitrogens with one attached hydrogen (secondary N) is 2. The molecule has 7 heteroatoms. The van der Waals surface area contributed by atoms with E-state index in [-0.39, 0.29) is 11.7 Å². The van der Waals surface area contributed by atoms with Crippen molar-refractivity contribution in [2.75, 3.05) is 5.32 Å². The molecule has 1 aromatic carbocycles. The summed E-state index contributed by atoms with van der Waals surface area (Å²) >= 11 is 0. The zero-order chi connectivity index (χ0) is 16.2. The van der Waals surface area contributed by atoms with Crippen molar-refractivity contribution >= 4 is 11.7 Å². The fourth-order valence-electron chi connectivity index (χ4n) is 1.95. The molecule has 0 aliphatic heterocycles. The van der Waals surface area contributed by atoms with Crippen molar-refractivity contribution in [2.45, 2.75) is 25.6 Å². The quantitative estimate of drug-likeness (QED) is 0.895. The van der Waals surface area contributed by atoms with E-state index in [4.69, 9.17) is 4.42 Å². The van der Waals surface area contributed by atoms with E-state index in [0.717, 1.165) is 12.1 Å². The van der Waals surface area contributed by atoms with Crippen LogP contribution in [0.25, 0.3) is 0 Å². The van der Waals surface area contributed by atoms with Crippen LogP contribution in [0.5, 0.6) is 0 Å². The molecule has 0 aliphatic carbocycles. The summed E-state index contributed by atoms with van der Waals surface area (Å²) in [6.07, 6.45) is -2.42. The molecule has 0 saturated carbocycles. The first-order chi connectivity index (χ1) is 10.3. The van der Waals surface area contributed by atoms with Crippen LogP contribution < -0.4 is 10.6 Å². The van der Waals surface area contributed by atoms with Gasteiger partial charge < -0.3 is 15.1 Å². The van der Waals surface area contributed by atoms with Crippen LogP contribution in [0, 0.1) is 0 Å². The molecular formula is C15H15F3N2O2. The van der Waals surface area contributed by atoms with Crippen molar-refractivity contribution < 1.29 is 22.4 Å². The van der Waals surface area contributed by atoms with Gasteiger partial charge in [-0.15, -0.1) is 0 Å². The topological polar surface area (TPSA) is 54.3 Å². The zero-order valence-corrected chi connectivity index (χ0v) is 11.8. The van der Waals surface area contributed by atoms with E-state index in [1.807, 2.05) is 0 Å². The number of anilines is 1. The van der Waals surface area contributed by atoms with Crippen LogP contribution in [-0.2, 0) is 12.6 Å². The molecule has 2 rings (SSSR count).